The molecule has 1 aliphatic heterocycles. The molecule has 0 aromatic heterocycles. The van der Waals surface area contributed by atoms with Crippen LogP contribution in [0.15, 0.2) is 136 Å². The Kier molecular flexibility index (Phi) is 15.4. The van der Waals surface area contributed by atoms with Crippen LogP contribution in [0.2, 0.25) is 5.02 Å². The average Bonchev–Trinajstić information content (AvgIpc) is 3.28. The van der Waals surface area contributed by atoms with Crippen molar-refractivity contribution in [2.24, 2.45) is 5.92 Å². The van der Waals surface area contributed by atoms with Crippen LogP contribution >= 0.6 is 23.4 Å². The van der Waals surface area contributed by atoms with Gasteiger partial charge in [0.1, 0.15) is 4.90 Å². The van der Waals surface area contributed by atoms with Gasteiger partial charge in [-0.15, -0.1) is 11.8 Å². The van der Waals surface area contributed by atoms with Gasteiger partial charge in [0.2, 0.25) is 0 Å². The molecule has 0 radical (unpaired) electrons. The number of sulfone groups is 1. The molecule has 2 atom stereocenters. The third kappa shape index (κ3) is 11.7. The number of sulfonamides is 1. The van der Waals surface area contributed by atoms with E-state index in [0.717, 1.165) is 39.4 Å². The molecule has 6 rings (SSSR count). The Bertz CT molecular complexity index is 2620. The molecule has 1 saturated heterocycles. The van der Waals surface area contributed by atoms with Crippen molar-refractivity contribution in [1.29, 1.82) is 0 Å². The van der Waals surface area contributed by atoms with Crippen LogP contribution in [0, 0.1) is 18.4 Å². The molecule has 17 heteroatoms. The van der Waals surface area contributed by atoms with Gasteiger partial charge < -0.3 is 20.2 Å². The highest BCUT2D eigenvalue weighted by molar-refractivity contribution is 7.99. The molecule has 0 bridgehead atoms. The number of hydrogen-bond acceptors (Lipinski definition) is 10. The molecule has 10 nitrogen and oxygen atoms in total. The zero-order chi connectivity index (χ0) is 45.4. The van der Waals surface area contributed by atoms with Crippen LogP contribution in [0.3, 0.4) is 0 Å². The number of piperidine rings is 1. The highest BCUT2D eigenvalue weighted by Gasteiger charge is 2.48. The fourth-order valence-electron chi connectivity index (χ4n) is 7.33. The Morgan fingerprint density at radius 3 is 2.22 bits per heavy atom. The number of aliphatic hydroxyl groups excluding tert-OH is 1. The van der Waals surface area contributed by atoms with Crippen molar-refractivity contribution in [2.75, 3.05) is 42.1 Å². The number of amides is 1. The summed E-state index contributed by atoms with van der Waals surface area (Å²) in [4.78, 5) is 15.7. The predicted molar refractivity (Wildman–Crippen MR) is 243 cm³/mol. The molecular formula is C46H46ClF3N4O6S3. The smallest absolute Gasteiger partial charge is 0.388 e. The highest BCUT2D eigenvalue weighted by Crippen LogP contribution is 2.39. The normalized spacial score (nSPS) is 14.7. The summed E-state index contributed by atoms with van der Waals surface area (Å²) >= 11 is 7.48. The van der Waals surface area contributed by atoms with Gasteiger partial charge in [0.05, 0.1) is 16.7 Å². The lowest BCUT2D eigenvalue weighted by Gasteiger charge is -2.36. The maximum absolute atomic E-state index is 14.1. The molecule has 0 spiro atoms. The molecule has 5 aromatic carbocycles. The van der Waals surface area contributed by atoms with Gasteiger partial charge in [-0.1, -0.05) is 72.6 Å². The number of carbonyl (C=O) groups is 1. The van der Waals surface area contributed by atoms with Crippen molar-refractivity contribution < 1.29 is 39.9 Å². The molecule has 0 aliphatic carbocycles. The lowest BCUT2D eigenvalue weighted by atomic mass is 9.84. The molecule has 1 aliphatic rings. The number of aliphatic hydroxyl groups is 1. The Morgan fingerprint density at radius 2 is 1.59 bits per heavy atom. The SMILES string of the molecule is C#CN(CC)CCC(CSc1ccccc1)Nc1ccc(S(=O)(=O)NC(=O)c2ccc(N3CCC([C@@H](O)c4ccccc4-c4ccc(Cl)cc4)CC3)cc2)cc1S(=O)(=O)C(F)(F)F. The summed E-state index contributed by atoms with van der Waals surface area (Å²) in [5.41, 5.74) is -2.83. The van der Waals surface area contributed by atoms with E-state index in [0.29, 0.717) is 62.3 Å². The topological polar surface area (TPSA) is 136 Å². The molecule has 332 valence electrons. The lowest BCUT2D eigenvalue weighted by Crippen LogP contribution is -2.36. The zero-order valence-electron chi connectivity index (χ0n) is 34.1. The van der Waals surface area contributed by atoms with Crippen LogP contribution in [0.1, 0.15) is 48.2 Å². The second-order valence-electron chi connectivity index (χ2n) is 14.9. The van der Waals surface area contributed by atoms with E-state index in [2.05, 4.69) is 16.3 Å². The number of nitrogens with one attached hydrogen (secondary N) is 2. The minimum absolute atomic E-state index is 0.0212. The highest BCUT2D eigenvalue weighted by atomic mass is 35.5. The minimum atomic E-state index is -6.09. The van der Waals surface area contributed by atoms with E-state index in [1.54, 1.807) is 17.0 Å². The third-order valence-corrected chi connectivity index (χ3v) is 15.1. The van der Waals surface area contributed by atoms with Crippen molar-refractivity contribution in [1.82, 2.24) is 9.62 Å². The van der Waals surface area contributed by atoms with E-state index >= 15 is 0 Å². The number of terminal acetylenes is 1. The van der Waals surface area contributed by atoms with Crippen LogP contribution in [0.4, 0.5) is 24.5 Å². The first-order valence-electron chi connectivity index (χ1n) is 20.1. The van der Waals surface area contributed by atoms with Crippen LogP contribution in [-0.2, 0) is 19.9 Å². The molecule has 3 N–H and O–H groups in total. The number of hydrogen-bond donors (Lipinski definition) is 3. The van der Waals surface area contributed by atoms with E-state index in [9.17, 15) is 39.9 Å². The first-order chi connectivity index (χ1) is 30.0. The Balaban J connectivity index is 1.14. The summed E-state index contributed by atoms with van der Waals surface area (Å²) in [7, 11) is -11.0. The summed E-state index contributed by atoms with van der Waals surface area (Å²) in [5, 5.41) is 15.0. The van der Waals surface area contributed by atoms with Gasteiger partial charge in [-0.25, -0.2) is 21.6 Å². The quantitative estimate of drug-likeness (QED) is 0.0471. The van der Waals surface area contributed by atoms with E-state index in [4.69, 9.17) is 18.0 Å². The summed E-state index contributed by atoms with van der Waals surface area (Å²) in [6.45, 7) is 3.89. The number of halogens is 4. The summed E-state index contributed by atoms with van der Waals surface area (Å²) in [6, 6.07) is 34.7. The predicted octanol–water partition coefficient (Wildman–Crippen LogP) is 9.24. The molecule has 0 saturated carbocycles. The summed E-state index contributed by atoms with van der Waals surface area (Å²) < 4.78 is 97.1. The first-order valence-corrected chi connectivity index (χ1v) is 24.4. The molecule has 63 heavy (non-hydrogen) atoms. The number of alkyl halides is 3. The maximum atomic E-state index is 14.1. The average molecular weight is 940 g/mol. The van der Waals surface area contributed by atoms with E-state index in [1.165, 1.54) is 23.9 Å². The van der Waals surface area contributed by atoms with Crippen molar-refractivity contribution in [3.63, 3.8) is 0 Å². The van der Waals surface area contributed by atoms with Crippen LogP contribution in [0.5, 0.6) is 0 Å². The van der Waals surface area contributed by atoms with Crippen molar-refractivity contribution in [2.45, 2.75) is 58.5 Å². The molecule has 1 fully saturated rings. The molecule has 5 aromatic rings. The molecule has 1 amide bonds. The monoisotopic (exact) mass is 938 g/mol. The Labute approximate surface area is 375 Å². The zero-order valence-corrected chi connectivity index (χ0v) is 37.3. The first kappa shape index (κ1) is 47.3. The Morgan fingerprint density at radius 1 is 0.937 bits per heavy atom. The fourth-order valence-corrected chi connectivity index (χ4v) is 10.5. The van der Waals surface area contributed by atoms with E-state index < -0.39 is 58.9 Å². The number of nitrogens with zero attached hydrogens (tertiary/aromatic N) is 2. The molecule has 1 unspecified atom stereocenters. The van der Waals surface area contributed by atoms with Crippen molar-refractivity contribution >= 4 is 60.5 Å². The van der Waals surface area contributed by atoms with Crippen LogP contribution in [-0.4, -0.2) is 76.2 Å². The van der Waals surface area contributed by atoms with Crippen LogP contribution < -0.4 is 14.9 Å². The number of rotatable bonds is 17. The third-order valence-electron chi connectivity index (χ3n) is 10.9. The molecule has 1 heterocycles. The summed E-state index contributed by atoms with van der Waals surface area (Å²) in [5.74, 6) is -0.793. The van der Waals surface area contributed by atoms with E-state index in [1.807, 2.05) is 90.5 Å². The second kappa shape index (κ2) is 20.5. The largest absolute Gasteiger partial charge is 0.501 e. The molecular weight excluding hydrogens is 893 g/mol. The van der Waals surface area contributed by atoms with Crippen molar-refractivity contribution in [3.05, 3.63) is 137 Å². The van der Waals surface area contributed by atoms with Gasteiger partial charge in [-0.2, -0.15) is 13.2 Å². The minimum Gasteiger partial charge on any atom is -0.388 e. The van der Waals surface area contributed by atoms with E-state index in [-0.39, 0.29) is 11.5 Å². The standard InChI is InChI=1S/C46H46ClF3N4O6S3/c1-3-53(4-2)27-26-36(31-61-38-10-6-5-7-11-38)51-42-23-22-39(30-43(42)62(57,58)46(48,49)50)63(59,60)52-45(56)34-16-20-37(21-17-34)54-28-24-33(25-29-54)44(55)41-13-9-8-12-40(41)32-14-18-35(47)19-15-32/h1,5-23,30,33,36,44,51,55H,4,24-29,31H2,2H3,(H,52,56)/t36?,44-/m1/s1. The van der Waals surface area contributed by atoms with Gasteiger partial charge >= 0.3 is 5.51 Å². The van der Waals surface area contributed by atoms with Crippen molar-refractivity contribution in [3.8, 4) is 23.6 Å². The number of anilines is 2. The van der Waals surface area contributed by atoms with Gasteiger partial charge in [0.25, 0.3) is 25.8 Å². The second-order valence-corrected chi connectivity index (χ2v) is 20.0. The van der Waals surface area contributed by atoms with Gasteiger partial charge in [0, 0.05) is 65.2 Å². The lowest BCUT2D eigenvalue weighted by molar-refractivity contribution is -0.0435. The summed E-state index contributed by atoms with van der Waals surface area (Å²) in [6.07, 6.45) is 6.53. The number of benzene rings is 5. The fraction of sp³-hybridized carbons (Fsp3) is 0.283. The number of carbonyl (C=O) groups excluding carboxylic acids is 1. The van der Waals surface area contributed by atoms with Gasteiger partial charge in [-0.3, -0.25) is 4.79 Å². The van der Waals surface area contributed by atoms with Gasteiger partial charge in [-0.05, 0) is 116 Å². The maximum Gasteiger partial charge on any atom is 0.501 e. The van der Waals surface area contributed by atoms with Crippen LogP contribution in [0.25, 0.3) is 11.1 Å². The number of thioether (sulfide) groups is 1. The van der Waals surface area contributed by atoms with Gasteiger partial charge in [0.15, 0.2) is 0 Å². The Hall–Kier alpha value is -5.18.